The van der Waals surface area contributed by atoms with Crippen LogP contribution in [0.1, 0.15) is 38.6 Å². The van der Waals surface area contributed by atoms with Gasteiger partial charge in [-0.15, -0.1) is 11.3 Å². The molecule has 3 aromatic rings. The third-order valence-corrected chi connectivity index (χ3v) is 7.89. The number of aromatic nitrogens is 1. The van der Waals surface area contributed by atoms with E-state index >= 15 is 0 Å². The van der Waals surface area contributed by atoms with E-state index in [-0.39, 0.29) is 23.7 Å². The lowest BCUT2D eigenvalue weighted by atomic mass is 10.1. The zero-order valence-corrected chi connectivity index (χ0v) is 20.6. The van der Waals surface area contributed by atoms with Gasteiger partial charge in [0.05, 0.1) is 4.90 Å². The quantitative estimate of drug-likeness (QED) is 0.328. The highest BCUT2D eigenvalue weighted by molar-refractivity contribution is 7.89. The number of nitrogens with one attached hydrogen (secondary N) is 1. The molecule has 3 rings (SSSR count). The highest BCUT2D eigenvalue weighted by Crippen LogP contribution is 2.18. The topological polar surface area (TPSA) is 94.5 Å². The molecular weight excluding hydrogens is 460 g/mol. The molecule has 7 nitrogen and oxygen atoms in total. The molecule has 2 heterocycles. The molecule has 0 radical (unpaired) electrons. The molecule has 0 unspecified atom stereocenters. The van der Waals surface area contributed by atoms with Gasteiger partial charge in [0.25, 0.3) is 0 Å². The second-order valence-corrected chi connectivity index (χ2v) is 10.6. The van der Waals surface area contributed by atoms with Crippen LogP contribution in [0.25, 0.3) is 0 Å². The van der Waals surface area contributed by atoms with Gasteiger partial charge >= 0.3 is 5.97 Å². The summed E-state index contributed by atoms with van der Waals surface area (Å²) < 4.78 is 33.1. The fourth-order valence-corrected chi connectivity index (χ4v) is 5.03. The molecule has 2 aromatic heterocycles. The minimum absolute atomic E-state index is 0.102. The van der Waals surface area contributed by atoms with E-state index in [0.717, 1.165) is 29.9 Å². The summed E-state index contributed by atoms with van der Waals surface area (Å²) in [5.41, 5.74) is 3.26. The molecule has 0 saturated heterocycles. The number of hydrogen-bond acceptors (Lipinski definition) is 6. The summed E-state index contributed by atoms with van der Waals surface area (Å²) in [6, 6.07) is 12.3. The van der Waals surface area contributed by atoms with E-state index in [4.69, 9.17) is 4.74 Å². The van der Waals surface area contributed by atoms with E-state index in [9.17, 15) is 18.0 Å². The van der Waals surface area contributed by atoms with E-state index in [2.05, 4.69) is 20.7 Å². The average Bonchev–Trinajstić information content (AvgIpc) is 3.42. The first-order valence-corrected chi connectivity index (χ1v) is 13.0. The van der Waals surface area contributed by atoms with Crippen molar-refractivity contribution in [3.05, 3.63) is 75.2 Å². The number of Topliss-reactive ketones (excluding diaryl/α,β-unsaturated/α-hetero) is 1. The predicted molar refractivity (Wildman–Crippen MR) is 128 cm³/mol. The van der Waals surface area contributed by atoms with Gasteiger partial charge in [-0.05, 0) is 68.9 Å². The molecule has 0 fully saturated rings. The minimum Gasteiger partial charge on any atom is -0.457 e. The minimum atomic E-state index is -3.49. The first-order valence-electron chi connectivity index (χ1n) is 10.6. The monoisotopic (exact) mass is 488 g/mol. The van der Waals surface area contributed by atoms with Crippen molar-refractivity contribution in [1.82, 2.24) is 9.29 Å². The number of rotatable bonds is 11. The van der Waals surface area contributed by atoms with Crippen molar-refractivity contribution in [2.45, 2.75) is 44.6 Å². The second kappa shape index (κ2) is 10.9. The maximum Gasteiger partial charge on any atom is 0.306 e. The molecule has 9 heteroatoms. The van der Waals surface area contributed by atoms with Gasteiger partial charge in [0.1, 0.15) is 0 Å². The smallest absolute Gasteiger partial charge is 0.306 e. The number of hydrogen-bond donors (Lipinski definition) is 1. The second-order valence-electron chi connectivity index (χ2n) is 7.70. The fraction of sp³-hybridized carbons (Fsp3) is 0.333. The lowest BCUT2D eigenvalue weighted by molar-refractivity contribution is -0.142. The number of nitrogens with zero attached hydrogens (tertiary/aromatic N) is 1. The highest BCUT2D eigenvalue weighted by Gasteiger charge is 2.18. The molecule has 1 aromatic carbocycles. The summed E-state index contributed by atoms with van der Waals surface area (Å²) in [7, 11) is -2.14. The van der Waals surface area contributed by atoms with Crippen molar-refractivity contribution in [3.8, 4) is 0 Å². The summed E-state index contributed by atoms with van der Waals surface area (Å²) in [4.78, 5) is 26.2. The number of carbonyl (C=O) groups excluding carboxylic acids is 2. The molecule has 0 atom stereocenters. The van der Waals surface area contributed by atoms with Crippen LogP contribution in [0.3, 0.4) is 0 Å². The Morgan fingerprint density at radius 3 is 2.45 bits per heavy atom. The van der Waals surface area contributed by atoms with Crippen LogP contribution in [0.2, 0.25) is 0 Å². The molecule has 33 heavy (non-hydrogen) atoms. The number of carbonyl (C=O) groups is 2. The number of sulfonamides is 1. The van der Waals surface area contributed by atoms with Gasteiger partial charge < -0.3 is 9.30 Å². The van der Waals surface area contributed by atoms with Crippen LogP contribution in [0, 0.1) is 13.8 Å². The standard InChI is InChI=1S/C24H28N2O5S2/c1-17-15-22(18(2)26(17)13-12-20-5-4-14-32-20)23(27)16-31-24(28)11-8-19-6-9-21(10-7-19)33(29,30)25-3/h4-7,9-10,14-15,25H,8,11-13,16H2,1-3H3. The van der Waals surface area contributed by atoms with Crippen molar-refractivity contribution in [2.24, 2.45) is 0 Å². The number of ether oxygens (including phenoxy) is 1. The van der Waals surface area contributed by atoms with Crippen molar-refractivity contribution < 1.29 is 22.7 Å². The van der Waals surface area contributed by atoms with Gasteiger partial charge in [0.2, 0.25) is 15.8 Å². The first kappa shape index (κ1) is 24.9. The SMILES string of the molecule is CNS(=O)(=O)c1ccc(CCC(=O)OCC(=O)c2cc(C)n(CCc3cccs3)c2C)cc1. The van der Waals surface area contributed by atoms with E-state index in [0.29, 0.717) is 12.0 Å². The summed E-state index contributed by atoms with van der Waals surface area (Å²) in [5.74, 6) is -0.692. The lowest BCUT2D eigenvalue weighted by Gasteiger charge is -2.09. The maximum atomic E-state index is 12.7. The average molecular weight is 489 g/mol. The summed E-state index contributed by atoms with van der Waals surface area (Å²) in [5, 5.41) is 2.05. The molecule has 176 valence electrons. The molecule has 0 aliphatic rings. The number of esters is 1. The third kappa shape index (κ3) is 6.40. The van der Waals surface area contributed by atoms with Crippen molar-refractivity contribution in [2.75, 3.05) is 13.7 Å². The van der Waals surface area contributed by atoms with Gasteiger partial charge in [0, 0.05) is 34.8 Å². The first-order chi connectivity index (χ1) is 15.7. The zero-order chi connectivity index (χ0) is 24.0. The predicted octanol–water partition coefficient (Wildman–Crippen LogP) is 3.68. The Labute approximate surface area is 198 Å². The van der Waals surface area contributed by atoms with Crippen LogP contribution in [0.4, 0.5) is 0 Å². The normalized spacial score (nSPS) is 11.5. The van der Waals surface area contributed by atoms with Gasteiger partial charge in [-0.3, -0.25) is 9.59 Å². The molecule has 0 aliphatic carbocycles. The van der Waals surface area contributed by atoms with E-state index in [1.165, 1.54) is 24.1 Å². The van der Waals surface area contributed by atoms with Gasteiger partial charge in [0.15, 0.2) is 6.61 Å². The molecule has 0 bridgehead atoms. The van der Waals surface area contributed by atoms with Crippen LogP contribution in [-0.2, 0) is 38.9 Å². The van der Waals surface area contributed by atoms with Crippen LogP contribution in [0.5, 0.6) is 0 Å². The molecular formula is C24H28N2O5S2. The number of ketones is 1. The highest BCUT2D eigenvalue weighted by atomic mass is 32.2. The molecule has 0 spiro atoms. The van der Waals surface area contributed by atoms with Crippen molar-refractivity contribution in [3.63, 3.8) is 0 Å². The van der Waals surface area contributed by atoms with Gasteiger partial charge in [-0.1, -0.05) is 18.2 Å². The molecule has 0 saturated carbocycles. The summed E-state index contributed by atoms with van der Waals surface area (Å²) in [6.07, 6.45) is 1.40. The Hall–Kier alpha value is -2.75. The maximum absolute atomic E-state index is 12.7. The van der Waals surface area contributed by atoms with Gasteiger partial charge in [-0.2, -0.15) is 0 Å². The largest absolute Gasteiger partial charge is 0.457 e. The van der Waals surface area contributed by atoms with E-state index in [1.807, 2.05) is 26.0 Å². The Kier molecular flexibility index (Phi) is 8.23. The van der Waals surface area contributed by atoms with Crippen molar-refractivity contribution in [1.29, 1.82) is 0 Å². The Morgan fingerprint density at radius 2 is 1.82 bits per heavy atom. The molecule has 1 N–H and O–H groups in total. The Bertz CT molecular complexity index is 1210. The summed E-state index contributed by atoms with van der Waals surface area (Å²) in [6.45, 7) is 4.37. The van der Waals surface area contributed by atoms with E-state index in [1.54, 1.807) is 23.5 Å². The van der Waals surface area contributed by atoms with Crippen molar-refractivity contribution >= 4 is 33.1 Å². The van der Waals surface area contributed by atoms with Crippen LogP contribution in [0.15, 0.2) is 52.7 Å². The number of thiophene rings is 1. The zero-order valence-electron chi connectivity index (χ0n) is 19.0. The summed E-state index contributed by atoms with van der Waals surface area (Å²) >= 11 is 1.72. The van der Waals surface area contributed by atoms with Crippen LogP contribution in [-0.4, -0.2) is 38.4 Å². The molecule has 0 aliphatic heterocycles. The lowest BCUT2D eigenvalue weighted by Crippen LogP contribution is -2.18. The van der Waals surface area contributed by atoms with Crippen LogP contribution < -0.4 is 4.72 Å². The Morgan fingerprint density at radius 1 is 1.09 bits per heavy atom. The molecule has 0 amide bonds. The third-order valence-electron chi connectivity index (χ3n) is 5.52. The van der Waals surface area contributed by atoms with Crippen LogP contribution >= 0.6 is 11.3 Å². The Balaban J connectivity index is 1.50. The van der Waals surface area contributed by atoms with Gasteiger partial charge in [-0.25, -0.2) is 13.1 Å². The number of aryl methyl sites for hydroxylation is 3. The number of benzene rings is 1. The van der Waals surface area contributed by atoms with E-state index < -0.39 is 16.0 Å². The fourth-order valence-electron chi connectivity index (χ4n) is 3.60.